The first-order valence-corrected chi connectivity index (χ1v) is 5.15. The third kappa shape index (κ3) is 3.14. The molecule has 1 fully saturated rings. The molecule has 12 heavy (non-hydrogen) atoms. The molecule has 0 bridgehead atoms. The van der Waals surface area contributed by atoms with Crippen LogP contribution in [-0.4, -0.2) is 12.2 Å². The van der Waals surface area contributed by atoms with Crippen molar-refractivity contribution in [3.05, 3.63) is 0 Å². The van der Waals surface area contributed by atoms with Gasteiger partial charge in [0, 0.05) is 0 Å². The van der Waals surface area contributed by atoms with E-state index in [1.807, 2.05) is 0 Å². The largest absolute Gasteiger partial charge is 0.376 e. The highest BCUT2D eigenvalue weighted by Crippen LogP contribution is 2.36. The van der Waals surface area contributed by atoms with Crippen LogP contribution in [0.15, 0.2) is 0 Å². The smallest absolute Gasteiger partial charge is 0.0579 e. The van der Waals surface area contributed by atoms with E-state index in [1.165, 1.54) is 25.7 Å². The Hall–Kier alpha value is -0.0400. The average Bonchev–Trinajstić information content (AvgIpc) is 1.93. The van der Waals surface area contributed by atoms with Crippen LogP contribution in [0.2, 0.25) is 0 Å². The van der Waals surface area contributed by atoms with Gasteiger partial charge in [0.25, 0.3) is 0 Å². The summed E-state index contributed by atoms with van der Waals surface area (Å²) in [5.74, 6) is 0. The fourth-order valence-electron chi connectivity index (χ4n) is 1.89. The Labute approximate surface area is 76.5 Å². The van der Waals surface area contributed by atoms with Crippen molar-refractivity contribution in [2.75, 3.05) is 0 Å². The maximum Gasteiger partial charge on any atom is 0.0579 e. The summed E-state index contributed by atoms with van der Waals surface area (Å²) >= 11 is 0. The van der Waals surface area contributed by atoms with Crippen LogP contribution in [0.4, 0.5) is 0 Å². The topological polar surface area (TPSA) is 9.23 Å². The Bertz CT molecular complexity index is 128. The zero-order valence-electron chi connectivity index (χ0n) is 8.89. The molecule has 72 valence electrons. The highest BCUT2D eigenvalue weighted by molar-refractivity contribution is 4.78. The van der Waals surface area contributed by atoms with Crippen LogP contribution in [0.1, 0.15) is 53.4 Å². The molecule has 0 heterocycles. The zero-order valence-corrected chi connectivity index (χ0v) is 8.89. The maximum absolute atomic E-state index is 5.78. The van der Waals surface area contributed by atoms with Crippen LogP contribution in [-0.2, 0) is 4.74 Å². The molecule has 0 spiro atoms. The Kier molecular flexibility index (Phi) is 3.16. The molecule has 0 aromatic heterocycles. The van der Waals surface area contributed by atoms with E-state index in [4.69, 9.17) is 4.74 Å². The first-order chi connectivity index (χ1) is 5.49. The van der Waals surface area contributed by atoms with Crippen LogP contribution in [0.3, 0.4) is 0 Å². The third-order valence-electron chi connectivity index (χ3n) is 2.75. The molecule has 1 nitrogen and oxygen atoms in total. The van der Waals surface area contributed by atoms with Gasteiger partial charge in [-0.2, -0.15) is 0 Å². The van der Waals surface area contributed by atoms with Gasteiger partial charge < -0.3 is 4.74 Å². The summed E-state index contributed by atoms with van der Waals surface area (Å²) in [4.78, 5) is 0. The molecule has 1 saturated carbocycles. The molecule has 1 aliphatic carbocycles. The Balaban J connectivity index is 2.27. The molecule has 1 rings (SSSR count). The molecule has 1 heteroatoms. The molecular formula is C11H22O. The quantitative estimate of drug-likeness (QED) is 0.617. The Morgan fingerprint density at radius 1 is 1.17 bits per heavy atom. The second-order valence-corrected chi connectivity index (χ2v) is 5.05. The van der Waals surface area contributed by atoms with Crippen molar-refractivity contribution in [3.63, 3.8) is 0 Å². The van der Waals surface area contributed by atoms with Gasteiger partial charge >= 0.3 is 0 Å². The van der Waals surface area contributed by atoms with Crippen LogP contribution in [0, 0.1) is 5.41 Å². The zero-order chi connectivity index (χ0) is 9.19. The molecule has 1 aliphatic rings. The minimum atomic E-state index is 0.399. The molecule has 0 amide bonds. The summed E-state index contributed by atoms with van der Waals surface area (Å²) in [6.07, 6.45) is 6.10. The van der Waals surface area contributed by atoms with Crippen molar-refractivity contribution in [1.29, 1.82) is 0 Å². The molecule has 0 unspecified atom stereocenters. The van der Waals surface area contributed by atoms with Crippen molar-refractivity contribution < 1.29 is 4.74 Å². The summed E-state index contributed by atoms with van der Waals surface area (Å²) in [6, 6.07) is 0. The van der Waals surface area contributed by atoms with Crippen LogP contribution >= 0.6 is 0 Å². The van der Waals surface area contributed by atoms with Crippen LogP contribution in [0.25, 0.3) is 0 Å². The molecule has 0 aromatic carbocycles. The lowest BCUT2D eigenvalue weighted by Gasteiger charge is -2.34. The van der Waals surface area contributed by atoms with E-state index in [0.29, 0.717) is 17.6 Å². The lowest BCUT2D eigenvalue weighted by atomic mass is 9.76. The van der Waals surface area contributed by atoms with Gasteiger partial charge in [0.05, 0.1) is 12.2 Å². The molecule has 0 radical (unpaired) electrons. The summed E-state index contributed by atoms with van der Waals surface area (Å²) in [5.41, 5.74) is 0.566. The van der Waals surface area contributed by atoms with Gasteiger partial charge in [-0.1, -0.05) is 13.8 Å². The van der Waals surface area contributed by atoms with E-state index < -0.39 is 0 Å². The van der Waals surface area contributed by atoms with Gasteiger partial charge in [-0.15, -0.1) is 0 Å². The summed E-state index contributed by atoms with van der Waals surface area (Å²) in [6.45, 7) is 8.97. The highest BCUT2D eigenvalue weighted by Gasteiger charge is 2.27. The summed E-state index contributed by atoms with van der Waals surface area (Å²) < 4.78 is 5.78. The predicted octanol–water partition coefficient (Wildman–Crippen LogP) is 3.38. The molecule has 0 atom stereocenters. The fourth-order valence-corrected chi connectivity index (χ4v) is 1.89. The second kappa shape index (κ2) is 3.78. The van der Waals surface area contributed by atoms with E-state index in [9.17, 15) is 0 Å². The van der Waals surface area contributed by atoms with E-state index in [1.54, 1.807) is 0 Å². The van der Waals surface area contributed by atoms with Gasteiger partial charge in [0.2, 0.25) is 0 Å². The van der Waals surface area contributed by atoms with Crippen molar-refractivity contribution in [1.82, 2.24) is 0 Å². The minimum absolute atomic E-state index is 0.399. The number of rotatable bonds is 2. The molecule has 0 aromatic rings. The van der Waals surface area contributed by atoms with Gasteiger partial charge in [-0.05, 0) is 44.9 Å². The average molecular weight is 170 g/mol. The first kappa shape index (κ1) is 10.0. The molecule has 0 saturated heterocycles. The number of hydrogen-bond donors (Lipinski definition) is 0. The highest BCUT2D eigenvalue weighted by atomic mass is 16.5. The maximum atomic E-state index is 5.78. The Morgan fingerprint density at radius 2 is 1.67 bits per heavy atom. The SMILES string of the molecule is CC(C)OC1CCC(C)(C)CC1. The first-order valence-electron chi connectivity index (χ1n) is 5.15. The molecule has 0 aliphatic heterocycles. The van der Waals surface area contributed by atoms with Gasteiger partial charge in [0.15, 0.2) is 0 Å². The van der Waals surface area contributed by atoms with Crippen molar-refractivity contribution in [2.24, 2.45) is 5.41 Å². The van der Waals surface area contributed by atoms with Crippen LogP contribution in [0.5, 0.6) is 0 Å². The monoisotopic (exact) mass is 170 g/mol. The Morgan fingerprint density at radius 3 is 2.08 bits per heavy atom. The van der Waals surface area contributed by atoms with Crippen molar-refractivity contribution in [3.8, 4) is 0 Å². The van der Waals surface area contributed by atoms with Crippen molar-refractivity contribution in [2.45, 2.75) is 65.6 Å². The van der Waals surface area contributed by atoms with E-state index in [2.05, 4.69) is 27.7 Å². The molecular weight excluding hydrogens is 148 g/mol. The number of hydrogen-bond acceptors (Lipinski definition) is 1. The minimum Gasteiger partial charge on any atom is -0.376 e. The summed E-state index contributed by atoms with van der Waals surface area (Å²) in [7, 11) is 0. The summed E-state index contributed by atoms with van der Waals surface area (Å²) in [5, 5.41) is 0. The van der Waals surface area contributed by atoms with Crippen molar-refractivity contribution >= 4 is 0 Å². The van der Waals surface area contributed by atoms with Gasteiger partial charge in [-0.3, -0.25) is 0 Å². The number of ether oxygens (including phenoxy) is 1. The normalized spacial score (nSPS) is 24.8. The van der Waals surface area contributed by atoms with Gasteiger partial charge in [0.1, 0.15) is 0 Å². The van der Waals surface area contributed by atoms with E-state index in [-0.39, 0.29) is 0 Å². The fraction of sp³-hybridized carbons (Fsp3) is 1.00. The second-order valence-electron chi connectivity index (χ2n) is 5.05. The van der Waals surface area contributed by atoms with E-state index in [0.717, 1.165) is 0 Å². The molecule has 0 N–H and O–H groups in total. The van der Waals surface area contributed by atoms with Gasteiger partial charge in [-0.25, -0.2) is 0 Å². The predicted molar refractivity (Wildman–Crippen MR) is 52.3 cm³/mol. The lowest BCUT2D eigenvalue weighted by Crippen LogP contribution is -2.28. The standard InChI is InChI=1S/C11H22O/c1-9(2)12-10-5-7-11(3,4)8-6-10/h9-10H,5-8H2,1-4H3. The lowest BCUT2D eigenvalue weighted by molar-refractivity contribution is -0.0297. The van der Waals surface area contributed by atoms with E-state index >= 15 is 0 Å². The third-order valence-corrected chi connectivity index (χ3v) is 2.75. The van der Waals surface area contributed by atoms with Crippen LogP contribution < -0.4 is 0 Å².